The molecule has 0 aliphatic heterocycles. The molecule has 6 heteroatoms. The first kappa shape index (κ1) is 16.6. The van der Waals surface area contributed by atoms with E-state index in [1.165, 1.54) is 0 Å². The Morgan fingerprint density at radius 1 is 1.08 bits per heavy atom. The molecule has 0 unspecified atom stereocenters. The topological polar surface area (TPSA) is 56.7 Å². The number of hydrogen-bond donors (Lipinski definition) is 0. The average molecular weight is 496 g/mol. The molecular formula is C18H15IrN4O-. The number of rotatable bonds is 2. The third-order valence-electron chi connectivity index (χ3n) is 3.88. The van der Waals surface area contributed by atoms with Crippen LogP contribution >= 0.6 is 0 Å². The number of aromatic nitrogens is 4. The van der Waals surface area contributed by atoms with Gasteiger partial charge in [0.25, 0.3) is 0 Å². The largest absolute Gasteiger partial charge is 0.488 e. The average Bonchev–Trinajstić information content (AvgIpc) is 3.12. The van der Waals surface area contributed by atoms with Crippen LogP contribution in [0, 0.1) is 26.8 Å². The first-order valence-electron chi connectivity index (χ1n) is 7.40. The van der Waals surface area contributed by atoms with Crippen LogP contribution in [-0.4, -0.2) is 19.7 Å². The first-order chi connectivity index (χ1) is 11.1. The second kappa shape index (κ2) is 6.30. The van der Waals surface area contributed by atoms with Crippen molar-refractivity contribution in [3.63, 3.8) is 0 Å². The van der Waals surface area contributed by atoms with Crippen LogP contribution in [0.15, 0.2) is 41.1 Å². The monoisotopic (exact) mass is 496 g/mol. The zero-order chi connectivity index (χ0) is 16.0. The molecular weight excluding hydrogens is 480 g/mol. The summed E-state index contributed by atoms with van der Waals surface area (Å²) in [5.74, 6) is 1.32. The SMILES string of the molecule is Cc1nc2cc[c-]c(-c3ncnn3-c3c(C)cccc3C)c2o1.[Ir]. The van der Waals surface area contributed by atoms with Crippen molar-refractivity contribution in [1.29, 1.82) is 0 Å². The molecule has 0 amide bonds. The van der Waals surface area contributed by atoms with Gasteiger partial charge in [0.05, 0.1) is 17.1 Å². The van der Waals surface area contributed by atoms with Crippen molar-refractivity contribution in [3.8, 4) is 17.1 Å². The van der Waals surface area contributed by atoms with Gasteiger partial charge in [0.15, 0.2) is 5.89 Å². The molecule has 0 aliphatic carbocycles. The maximum atomic E-state index is 5.75. The van der Waals surface area contributed by atoms with Gasteiger partial charge in [-0.3, -0.25) is 9.67 Å². The molecule has 0 bridgehead atoms. The normalized spacial score (nSPS) is 10.8. The fourth-order valence-corrected chi connectivity index (χ4v) is 2.89. The van der Waals surface area contributed by atoms with E-state index in [4.69, 9.17) is 4.42 Å². The quantitative estimate of drug-likeness (QED) is 0.397. The van der Waals surface area contributed by atoms with Crippen LogP contribution in [0.25, 0.3) is 28.2 Å². The fourth-order valence-electron chi connectivity index (χ4n) is 2.89. The summed E-state index contributed by atoms with van der Waals surface area (Å²) in [5, 5.41) is 4.42. The Bertz CT molecular complexity index is 999. The summed E-state index contributed by atoms with van der Waals surface area (Å²) in [7, 11) is 0. The number of benzene rings is 2. The van der Waals surface area contributed by atoms with E-state index in [9.17, 15) is 0 Å². The number of fused-ring (bicyclic) bond motifs is 1. The molecule has 2 aromatic carbocycles. The van der Waals surface area contributed by atoms with E-state index >= 15 is 0 Å². The number of nitrogens with zero attached hydrogens (tertiary/aromatic N) is 4. The molecule has 0 atom stereocenters. The van der Waals surface area contributed by atoms with Crippen molar-refractivity contribution in [2.75, 3.05) is 0 Å². The van der Waals surface area contributed by atoms with E-state index in [1.54, 1.807) is 6.33 Å². The van der Waals surface area contributed by atoms with Gasteiger partial charge >= 0.3 is 0 Å². The predicted octanol–water partition coefficient (Wildman–Crippen LogP) is 3.80. The Balaban J connectivity index is 0.00000169. The Labute approximate surface area is 153 Å². The molecule has 0 saturated carbocycles. The zero-order valence-corrected chi connectivity index (χ0v) is 15.9. The van der Waals surface area contributed by atoms with Crippen LogP contribution < -0.4 is 0 Å². The van der Waals surface area contributed by atoms with Crippen LogP contribution in [-0.2, 0) is 20.1 Å². The van der Waals surface area contributed by atoms with E-state index < -0.39 is 0 Å². The maximum absolute atomic E-state index is 5.75. The van der Waals surface area contributed by atoms with Gasteiger partial charge in [0.1, 0.15) is 6.33 Å². The van der Waals surface area contributed by atoms with Crippen molar-refractivity contribution in [3.05, 3.63) is 59.7 Å². The molecule has 0 spiro atoms. The molecule has 0 N–H and O–H groups in total. The van der Waals surface area contributed by atoms with Crippen LogP contribution in [0.4, 0.5) is 0 Å². The molecule has 0 aliphatic rings. The van der Waals surface area contributed by atoms with Crippen LogP contribution in [0.2, 0.25) is 0 Å². The summed E-state index contributed by atoms with van der Waals surface area (Å²) in [6.07, 6.45) is 1.55. The smallest absolute Gasteiger partial charge is 0.180 e. The summed E-state index contributed by atoms with van der Waals surface area (Å²) in [6, 6.07) is 13.1. The van der Waals surface area contributed by atoms with E-state index in [-0.39, 0.29) is 20.1 Å². The van der Waals surface area contributed by atoms with Crippen molar-refractivity contribution in [2.45, 2.75) is 20.8 Å². The van der Waals surface area contributed by atoms with Crippen LogP contribution in [0.5, 0.6) is 0 Å². The first-order valence-corrected chi connectivity index (χ1v) is 7.40. The minimum absolute atomic E-state index is 0. The van der Waals surface area contributed by atoms with Crippen molar-refractivity contribution in [1.82, 2.24) is 19.7 Å². The molecule has 4 aromatic rings. The second-order valence-corrected chi connectivity index (χ2v) is 5.54. The van der Waals surface area contributed by atoms with Crippen molar-refractivity contribution in [2.24, 2.45) is 0 Å². The Morgan fingerprint density at radius 3 is 2.58 bits per heavy atom. The minimum Gasteiger partial charge on any atom is -0.488 e. The number of para-hydroxylation sites is 1. The molecule has 5 nitrogen and oxygen atoms in total. The van der Waals surface area contributed by atoms with Gasteiger partial charge in [-0.1, -0.05) is 23.8 Å². The summed E-state index contributed by atoms with van der Waals surface area (Å²) in [5.41, 5.74) is 5.55. The predicted molar refractivity (Wildman–Crippen MR) is 87.4 cm³/mol. The third-order valence-corrected chi connectivity index (χ3v) is 3.88. The van der Waals surface area contributed by atoms with Crippen LogP contribution in [0.1, 0.15) is 17.0 Å². The zero-order valence-electron chi connectivity index (χ0n) is 13.5. The van der Waals surface area contributed by atoms with Crippen molar-refractivity contribution < 1.29 is 24.5 Å². The summed E-state index contributed by atoms with van der Waals surface area (Å²) in [6.45, 7) is 5.97. The van der Waals surface area contributed by atoms with Gasteiger partial charge in [-0.2, -0.15) is 5.10 Å². The Hall–Kier alpha value is -2.30. The Kier molecular flexibility index (Phi) is 4.35. The summed E-state index contributed by atoms with van der Waals surface area (Å²) >= 11 is 0. The van der Waals surface area contributed by atoms with Gasteiger partial charge in [-0.15, -0.1) is 18.2 Å². The van der Waals surface area contributed by atoms with Crippen LogP contribution in [0.3, 0.4) is 0 Å². The van der Waals surface area contributed by atoms with Gasteiger partial charge < -0.3 is 4.42 Å². The maximum Gasteiger partial charge on any atom is 0.180 e. The van der Waals surface area contributed by atoms with E-state index in [0.717, 1.165) is 27.9 Å². The molecule has 2 heterocycles. The minimum atomic E-state index is 0. The molecule has 1 radical (unpaired) electrons. The molecule has 0 fully saturated rings. The van der Waals surface area contributed by atoms with Gasteiger partial charge in [-0.25, -0.2) is 4.98 Å². The van der Waals surface area contributed by atoms with E-state index in [1.807, 2.05) is 29.8 Å². The molecule has 123 valence electrons. The van der Waals surface area contributed by atoms with Crippen molar-refractivity contribution >= 4 is 11.1 Å². The van der Waals surface area contributed by atoms with E-state index in [2.05, 4.69) is 47.1 Å². The summed E-state index contributed by atoms with van der Waals surface area (Å²) in [4.78, 5) is 8.81. The van der Waals surface area contributed by atoms with Gasteiger partial charge in [0.2, 0.25) is 0 Å². The Morgan fingerprint density at radius 2 is 1.83 bits per heavy atom. The number of hydrogen-bond acceptors (Lipinski definition) is 4. The number of aryl methyl sites for hydroxylation is 3. The standard InChI is InChI=1S/C18H15N4O.Ir/c1-11-6-4-7-12(2)16(11)22-18(19-10-20-22)14-8-5-9-15-17(14)23-13(3)21-15;/h4-7,9-10H,1-3H3;/q-1;. The fraction of sp³-hybridized carbons (Fsp3) is 0.167. The van der Waals surface area contributed by atoms with Gasteiger partial charge in [-0.05, 0) is 25.0 Å². The van der Waals surface area contributed by atoms with Gasteiger partial charge in [0, 0.05) is 32.5 Å². The van der Waals surface area contributed by atoms with E-state index in [0.29, 0.717) is 17.3 Å². The third kappa shape index (κ3) is 2.58. The second-order valence-electron chi connectivity index (χ2n) is 5.54. The molecule has 4 rings (SSSR count). The molecule has 2 aromatic heterocycles. The molecule has 0 saturated heterocycles. The summed E-state index contributed by atoms with van der Waals surface area (Å²) < 4.78 is 7.59. The molecule has 24 heavy (non-hydrogen) atoms. The number of oxazole rings is 1.